The number of Topliss-reactive ketones (excluding diaryl/α,β-unsaturated/α-hetero) is 1. The maximum atomic E-state index is 13.3. The Balaban J connectivity index is 2.05. The lowest BCUT2D eigenvalue weighted by molar-refractivity contribution is -0.142. The number of carboxylic acids is 1. The third kappa shape index (κ3) is 8.80. The Morgan fingerprint density at radius 3 is 2.15 bits per heavy atom. The van der Waals surface area contributed by atoms with Crippen molar-refractivity contribution in [2.75, 3.05) is 13.1 Å². The van der Waals surface area contributed by atoms with Gasteiger partial charge in [-0.15, -0.1) is 0 Å². The molecule has 0 saturated carbocycles. The van der Waals surface area contributed by atoms with Gasteiger partial charge in [0, 0.05) is 44.7 Å². The summed E-state index contributed by atoms with van der Waals surface area (Å²) in [5, 5.41) is 21.6. The van der Waals surface area contributed by atoms with Crippen LogP contribution < -0.4 is 5.32 Å². The Morgan fingerprint density at radius 2 is 1.62 bits per heavy atom. The summed E-state index contributed by atoms with van der Waals surface area (Å²) in [5.41, 5.74) is 0.675. The third-order valence-electron chi connectivity index (χ3n) is 6.65. The molecule has 1 aromatic rings. The monoisotopic (exact) mass is 474 g/mol. The number of nitrogens with one attached hydrogen (secondary N) is 1. The van der Waals surface area contributed by atoms with Crippen LogP contribution in [-0.4, -0.2) is 57.8 Å². The summed E-state index contributed by atoms with van der Waals surface area (Å²) in [4.78, 5) is 51.5. The molecule has 1 aromatic carbocycles. The molecule has 8 heteroatoms. The number of carboxylic acid groups (broad SMARTS) is 1. The quantitative estimate of drug-likeness (QED) is 0.557. The van der Waals surface area contributed by atoms with Crippen molar-refractivity contribution in [2.45, 2.75) is 77.7 Å². The first-order valence-corrected chi connectivity index (χ1v) is 12.3. The highest BCUT2D eigenvalue weighted by Gasteiger charge is 2.29. The molecular weight excluding hydrogens is 436 g/mol. The molecule has 0 aliphatic carbocycles. The highest BCUT2D eigenvalue weighted by atomic mass is 16.4. The highest BCUT2D eigenvalue weighted by Crippen LogP contribution is 2.25. The van der Waals surface area contributed by atoms with Crippen LogP contribution in [0.15, 0.2) is 24.3 Å². The van der Waals surface area contributed by atoms with E-state index in [9.17, 15) is 29.4 Å². The van der Waals surface area contributed by atoms with Gasteiger partial charge in [-0.05, 0) is 49.8 Å². The summed E-state index contributed by atoms with van der Waals surface area (Å²) in [5.74, 6) is -1.96. The molecule has 1 heterocycles. The van der Waals surface area contributed by atoms with E-state index in [1.165, 1.54) is 12.1 Å². The van der Waals surface area contributed by atoms with Crippen molar-refractivity contribution in [3.8, 4) is 5.75 Å². The zero-order valence-corrected chi connectivity index (χ0v) is 20.3. The normalized spacial score (nSPS) is 21.1. The highest BCUT2D eigenvalue weighted by molar-refractivity contribution is 5.90. The van der Waals surface area contributed by atoms with E-state index in [0.717, 1.165) is 32.1 Å². The van der Waals surface area contributed by atoms with Crippen LogP contribution >= 0.6 is 0 Å². The second-order valence-electron chi connectivity index (χ2n) is 9.24. The molecule has 1 aliphatic heterocycles. The molecule has 34 heavy (non-hydrogen) atoms. The zero-order valence-electron chi connectivity index (χ0n) is 20.3. The van der Waals surface area contributed by atoms with E-state index in [1.807, 2.05) is 11.8 Å². The molecule has 3 N–H and O–H groups in total. The molecule has 8 nitrogen and oxygen atoms in total. The standard InChI is InChI=1S/C26H38N2O6/c1-3-20-8-4-6-14-28(18(2)29)15-7-5-9-21(25(20)32)17-24(31)27-23(26(33)34)16-19-10-12-22(30)13-11-19/h10-13,20-21,23,30H,3-9,14-17H2,1-2H3,(H,27,31)(H,33,34)/t20-,21?,23-/m0/s1. The first kappa shape index (κ1) is 27.3. The fraction of sp³-hybridized carbons (Fsp3) is 0.615. The minimum absolute atomic E-state index is 0.0366. The molecule has 1 unspecified atom stereocenters. The van der Waals surface area contributed by atoms with Crippen LogP contribution in [0.5, 0.6) is 5.75 Å². The third-order valence-corrected chi connectivity index (χ3v) is 6.65. The van der Waals surface area contributed by atoms with Gasteiger partial charge in [0.1, 0.15) is 17.6 Å². The van der Waals surface area contributed by atoms with Crippen LogP contribution in [0.1, 0.15) is 70.8 Å². The van der Waals surface area contributed by atoms with Crippen molar-refractivity contribution in [3.63, 3.8) is 0 Å². The van der Waals surface area contributed by atoms with Gasteiger partial charge in [0.25, 0.3) is 0 Å². The summed E-state index contributed by atoms with van der Waals surface area (Å²) in [6.07, 6.45) is 5.21. The van der Waals surface area contributed by atoms with Gasteiger partial charge in [0.05, 0.1) is 0 Å². The molecule has 2 rings (SSSR count). The smallest absolute Gasteiger partial charge is 0.326 e. The molecule has 188 valence electrons. The van der Waals surface area contributed by atoms with Crippen molar-refractivity contribution in [1.82, 2.24) is 10.2 Å². The van der Waals surface area contributed by atoms with Crippen LogP contribution in [0.2, 0.25) is 0 Å². The number of rotatable bonds is 7. The average molecular weight is 475 g/mol. The number of aromatic hydroxyl groups is 1. The summed E-state index contributed by atoms with van der Waals surface area (Å²) in [7, 11) is 0. The summed E-state index contributed by atoms with van der Waals surface area (Å²) < 4.78 is 0. The van der Waals surface area contributed by atoms with Crippen molar-refractivity contribution < 1.29 is 29.4 Å². The zero-order chi connectivity index (χ0) is 25.1. The molecule has 2 amide bonds. The molecule has 1 fully saturated rings. The van der Waals surface area contributed by atoms with E-state index in [-0.39, 0.29) is 36.2 Å². The fourth-order valence-corrected chi connectivity index (χ4v) is 4.58. The summed E-state index contributed by atoms with van der Waals surface area (Å²) in [6.45, 7) is 4.91. The number of carbonyl (C=O) groups is 4. The van der Waals surface area contributed by atoms with Gasteiger partial charge in [-0.2, -0.15) is 0 Å². The number of nitrogens with zero attached hydrogens (tertiary/aromatic N) is 1. The van der Waals surface area contributed by atoms with Crippen molar-refractivity contribution >= 4 is 23.6 Å². The minimum atomic E-state index is -1.15. The van der Waals surface area contributed by atoms with E-state index >= 15 is 0 Å². The second-order valence-corrected chi connectivity index (χ2v) is 9.24. The first-order valence-electron chi connectivity index (χ1n) is 12.3. The van der Waals surface area contributed by atoms with Gasteiger partial charge < -0.3 is 20.4 Å². The molecule has 0 spiro atoms. The Labute approximate surface area is 201 Å². The Morgan fingerprint density at radius 1 is 1.03 bits per heavy atom. The lowest BCUT2D eigenvalue weighted by Gasteiger charge is -2.26. The molecule has 1 saturated heterocycles. The number of hydrogen-bond acceptors (Lipinski definition) is 5. The van der Waals surface area contributed by atoms with Crippen molar-refractivity contribution in [1.29, 1.82) is 0 Å². The van der Waals surface area contributed by atoms with Gasteiger partial charge >= 0.3 is 5.97 Å². The van der Waals surface area contributed by atoms with Crippen LogP contribution in [0.3, 0.4) is 0 Å². The van der Waals surface area contributed by atoms with E-state index in [1.54, 1.807) is 19.1 Å². The van der Waals surface area contributed by atoms with Gasteiger partial charge in [-0.1, -0.05) is 31.9 Å². The van der Waals surface area contributed by atoms with Crippen LogP contribution in [0.25, 0.3) is 0 Å². The van der Waals surface area contributed by atoms with E-state index < -0.39 is 23.8 Å². The van der Waals surface area contributed by atoms with Crippen LogP contribution in [0.4, 0.5) is 0 Å². The number of carbonyl (C=O) groups excluding carboxylic acids is 3. The lowest BCUT2D eigenvalue weighted by atomic mass is 9.82. The van der Waals surface area contributed by atoms with Gasteiger partial charge in [-0.3, -0.25) is 14.4 Å². The maximum absolute atomic E-state index is 13.3. The maximum Gasteiger partial charge on any atom is 0.326 e. The SMILES string of the molecule is CC[C@H]1CCCCN(C(C)=O)CCCCC(CC(=O)N[C@@H](Cc2ccc(O)cc2)C(=O)O)C1=O. The summed E-state index contributed by atoms with van der Waals surface area (Å²) >= 11 is 0. The van der Waals surface area contributed by atoms with Crippen molar-refractivity contribution in [3.05, 3.63) is 29.8 Å². The molecular formula is C26H38N2O6. The van der Waals surface area contributed by atoms with Gasteiger partial charge in [0.2, 0.25) is 11.8 Å². The number of aliphatic carboxylic acids is 1. The predicted molar refractivity (Wildman–Crippen MR) is 128 cm³/mol. The van der Waals surface area contributed by atoms with E-state index in [2.05, 4.69) is 5.32 Å². The number of benzene rings is 1. The fourth-order valence-electron chi connectivity index (χ4n) is 4.58. The minimum Gasteiger partial charge on any atom is -0.508 e. The molecule has 0 bridgehead atoms. The van der Waals surface area contributed by atoms with Gasteiger partial charge in [-0.25, -0.2) is 4.79 Å². The number of phenolic OH excluding ortho intramolecular Hbond substituents is 1. The number of amides is 2. The number of ketones is 1. The largest absolute Gasteiger partial charge is 0.508 e. The topological polar surface area (TPSA) is 124 Å². The van der Waals surface area contributed by atoms with Gasteiger partial charge in [0.15, 0.2) is 0 Å². The van der Waals surface area contributed by atoms with Crippen LogP contribution in [0, 0.1) is 11.8 Å². The summed E-state index contributed by atoms with van der Waals surface area (Å²) in [6, 6.07) is 5.05. The lowest BCUT2D eigenvalue weighted by Crippen LogP contribution is -2.43. The Bertz CT molecular complexity index is 838. The van der Waals surface area contributed by atoms with E-state index in [4.69, 9.17) is 0 Å². The average Bonchev–Trinajstić information content (AvgIpc) is 2.79. The van der Waals surface area contributed by atoms with Crippen LogP contribution in [-0.2, 0) is 25.6 Å². The molecule has 0 radical (unpaired) electrons. The Kier molecular flexibility index (Phi) is 11.0. The second kappa shape index (κ2) is 13.7. The van der Waals surface area contributed by atoms with Crippen molar-refractivity contribution in [2.24, 2.45) is 11.8 Å². The predicted octanol–water partition coefficient (Wildman–Crippen LogP) is 3.31. The molecule has 3 atom stereocenters. The first-order chi connectivity index (χ1) is 16.2. The number of hydrogen-bond donors (Lipinski definition) is 3. The Hall–Kier alpha value is -2.90. The number of phenols is 1. The molecule has 1 aliphatic rings. The molecule has 0 aromatic heterocycles. The van der Waals surface area contributed by atoms with E-state index in [0.29, 0.717) is 31.5 Å².